The number of carbonyl (C=O) groups is 1. The molecule has 1 aliphatic heterocycles. The number of carbonyl (C=O) groups excluding carboxylic acids is 1. The van der Waals surface area contributed by atoms with E-state index in [9.17, 15) is 18.0 Å². The van der Waals surface area contributed by atoms with Crippen LogP contribution in [0.3, 0.4) is 0 Å². The summed E-state index contributed by atoms with van der Waals surface area (Å²) >= 11 is 0. The first-order chi connectivity index (χ1) is 12.9. The fraction of sp³-hybridized carbons (Fsp3) is 0.294. The Balaban J connectivity index is 1.40. The van der Waals surface area contributed by atoms with Crippen molar-refractivity contribution >= 4 is 5.91 Å². The third-order valence-electron chi connectivity index (χ3n) is 4.33. The molecule has 1 aromatic carbocycles. The Labute approximate surface area is 151 Å². The second kappa shape index (κ2) is 6.53. The highest BCUT2D eigenvalue weighted by Crippen LogP contribution is 2.32. The molecule has 0 saturated carbocycles. The van der Waals surface area contributed by atoms with Gasteiger partial charge in [0.25, 0.3) is 0 Å². The van der Waals surface area contributed by atoms with E-state index in [2.05, 4.69) is 15.2 Å². The van der Waals surface area contributed by atoms with Crippen molar-refractivity contribution in [3.05, 3.63) is 54.2 Å². The van der Waals surface area contributed by atoms with E-state index in [0.29, 0.717) is 19.0 Å². The summed E-state index contributed by atoms with van der Waals surface area (Å²) in [4.78, 5) is 18.0. The normalized spacial score (nSPS) is 15.0. The smallest absolute Gasteiger partial charge is 0.339 e. The largest absolute Gasteiger partial charge is 0.416 e. The van der Waals surface area contributed by atoms with Crippen LogP contribution >= 0.6 is 0 Å². The SMILES string of the molecule is O=C(Cn1cccn1)N1CC(c2nc(-c3cccc(C(F)(F)F)c3)no2)C1. The molecule has 1 fully saturated rings. The Morgan fingerprint density at radius 3 is 2.78 bits per heavy atom. The highest BCUT2D eigenvalue weighted by atomic mass is 19.4. The predicted molar refractivity (Wildman–Crippen MR) is 86.3 cm³/mol. The lowest BCUT2D eigenvalue weighted by atomic mass is 10.00. The fourth-order valence-electron chi connectivity index (χ4n) is 2.82. The number of alkyl halides is 3. The molecular weight excluding hydrogens is 363 g/mol. The van der Waals surface area contributed by atoms with Gasteiger partial charge in [0.05, 0.1) is 11.5 Å². The highest BCUT2D eigenvalue weighted by Gasteiger charge is 2.36. The van der Waals surface area contributed by atoms with Gasteiger partial charge in [-0.05, 0) is 18.2 Å². The van der Waals surface area contributed by atoms with Gasteiger partial charge in [-0.15, -0.1) is 0 Å². The van der Waals surface area contributed by atoms with Crippen LogP contribution in [0, 0.1) is 0 Å². The van der Waals surface area contributed by atoms with Gasteiger partial charge in [0.1, 0.15) is 6.54 Å². The zero-order chi connectivity index (χ0) is 19.0. The van der Waals surface area contributed by atoms with Crippen LogP contribution in [-0.2, 0) is 17.5 Å². The van der Waals surface area contributed by atoms with Crippen LogP contribution in [0.25, 0.3) is 11.4 Å². The number of hydrogen-bond acceptors (Lipinski definition) is 5. The van der Waals surface area contributed by atoms with Gasteiger partial charge < -0.3 is 9.42 Å². The van der Waals surface area contributed by atoms with Crippen LogP contribution in [-0.4, -0.2) is 43.8 Å². The molecule has 1 amide bonds. The molecule has 1 aliphatic rings. The van der Waals surface area contributed by atoms with Gasteiger partial charge in [-0.25, -0.2) is 0 Å². The first kappa shape index (κ1) is 17.3. The summed E-state index contributed by atoms with van der Waals surface area (Å²) < 4.78 is 45.2. The van der Waals surface area contributed by atoms with Crippen molar-refractivity contribution in [2.45, 2.75) is 18.6 Å². The van der Waals surface area contributed by atoms with E-state index in [0.717, 1.165) is 12.1 Å². The number of amides is 1. The van der Waals surface area contributed by atoms with Crippen LogP contribution in [0.15, 0.2) is 47.2 Å². The summed E-state index contributed by atoms with van der Waals surface area (Å²) in [6.07, 6.45) is -1.14. The maximum atomic E-state index is 12.8. The molecule has 7 nitrogen and oxygen atoms in total. The second-order valence-electron chi connectivity index (χ2n) is 6.23. The van der Waals surface area contributed by atoms with E-state index >= 15 is 0 Å². The lowest BCUT2D eigenvalue weighted by Gasteiger charge is -2.37. The van der Waals surface area contributed by atoms with Crippen LogP contribution in [0.4, 0.5) is 13.2 Å². The van der Waals surface area contributed by atoms with Gasteiger partial charge in [-0.1, -0.05) is 17.3 Å². The number of halogens is 3. The summed E-state index contributed by atoms with van der Waals surface area (Å²) in [6.45, 7) is 0.994. The molecule has 0 atom stereocenters. The summed E-state index contributed by atoms with van der Waals surface area (Å²) in [7, 11) is 0. The minimum atomic E-state index is -4.44. The Kier molecular flexibility index (Phi) is 4.17. The van der Waals surface area contributed by atoms with Gasteiger partial charge in [0, 0.05) is 31.0 Å². The summed E-state index contributed by atoms with van der Waals surface area (Å²) in [5, 5.41) is 7.76. The molecule has 0 spiro atoms. The maximum absolute atomic E-state index is 12.8. The predicted octanol–water partition coefficient (Wildman–Crippen LogP) is 2.58. The van der Waals surface area contributed by atoms with Crippen molar-refractivity contribution in [2.75, 3.05) is 13.1 Å². The number of benzene rings is 1. The Morgan fingerprint density at radius 1 is 1.26 bits per heavy atom. The third-order valence-corrected chi connectivity index (χ3v) is 4.33. The average molecular weight is 377 g/mol. The number of rotatable bonds is 4. The van der Waals surface area contributed by atoms with Crippen molar-refractivity contribution in [3.8, 4) is 11.4 Å². The standard InChI is InChI=1S/C17H14F3N5O2/c18-17(19,20)13-4-1-3-11(7-13)15-22-16(27-23-15)12-8-24(9-12)14(26)10-25-6-2-5-21-25/h1-7,12H,8-10H2. The number of aromatic nitrogens is 4. The van der Waals surface area contributed by atoms with Gasteiger partial charge in [-0.2, -0.15) is 23.3 Å². The number of hydrogen-bond donors (Lipinski definition) is 0. The third kappa shape index (κ3) is 3.55. The molecule has 140 valence electrons. The molecule has 0 N–H and O–H groups in total. The zero-order valence-electron chi connectivity index (χ0n) is 13.9. The van der Waals surface area contributed by atoms with Crippen molar-refractivity contribution < 1.29 is 22.5 Å². The van der Waals surface area contributed by atoms with Crippen molar-refractivity contribution in [1.82, 2.24) is 24.8 Å². The molecule has 27 heavy (non-hydrogen) atoms. The number of likely N-dealkylation sites (tertiary alicyclic amines) is 1. The van der Waals surface area contributed by atoms with Gasteiger partial charge >= 0.3 is 6.18 Å². The average Bonchev–Trinajstić information content (AvgIpc) is 3.25. The van der Waals surface area contributed by atoms with Gasteiger partial charge in [0.2, 0.25) is 17.6 Å². The monoisotopic (exact) mass is 377 g/mol. The molecule has 4 rings (SSSR count). The highest BCUT2D eigenvalue weighted by molar-refractivity contribution is 5.77. The van der Waals surface area contributed by atoms with E-state index in [-0.39, 0.29) is 29.8 Å². The molecular formula is C17H14F3N5O2. The molecule has 10 heteroatoms. The minimum Gasteiger partial charge on any atom is -0.339 e. The molecule has 3 aromatic rings. The Hall–Kier alpha value is -3.17. The summed E-state index contributed by atoms with van der Waals surface area (Å²) in [5.74, 6) is 0.203. The van der Waals surface area contributed by atoms with Gasteiger partial charge in [0.15, 0.2) is 0 Å². The Bertz CT molecular complexity index is 946. The number of nitrogens with zero attached hydrogens (tertiary/aromatic N) is 5. The first-order valence-corrected chi connectivity index (χ1v) is 8.16. The quantitative estimate of drug-likeness (QED) is 0.699. The van der Waals surface area contributed by atoms with Crippen molar-refractivity contribution in [1.29, 1.82) is 0 Å². The first-order valence-electron chi connectivity index (χ1n) is 8.16. The molecule has 2 aromatic heterocycles. The van der Waals surface area contributed by atoms with Crippen LogP contribution in [0.1, 0.15) is 17.4 Å². The second-order valence-corrected chi connectivity index (χ2v) is 6.23. The minimum absolute atomic E-state index is 0.0763. The molecule has 0 aliphatic carbocycles. The molecule has 1 saturated heterocycles. The molecule has 0 radical (unpaired) electrons. The Morgan fingerprint density at radius 2 is 2.07 bits per heavy atom. The lowest BCUT2D eigenvalue weighted by molar-refractivity contribution is -0.138. The van der Waals surface area contributed by atoms with Crippen molar-refractivity contribution in [2.24, 2.45) is 0 Å². The zero-order valence-corrected chi connectivity index (χ0v) is 13.9. The van der Waals surface area contributed by atoms with Crippen molar-refractivity contribution in [3.63, 3.8) is 0 Å². The van der Waals surface area contributed by atoms with E-state index in [1.54, 1.807) is 23.4 Å². The molecule has 3 heterocycles. The van der Waals surface area contributed by atoms with Gasteiger partial charge in [-0.3, -0.25) is 9.48 Å². The lowest BCUT2D eigenvalue weighted by Crippen LogP contribution is -2.49. The topological polar surface area (TPSA) is 77.1 Å². The van der Waals surface area contributed by atoms with Crippen LogP contribution in [0.2, 0.25) is 0 Å². The van der Waals surface area contributed by atoms with E-state index in [1.807, 2.05) is 0 Å². The maximum Gasteiger partial charge on any atom is 0.416 e. The van der Waals surface area contributed by atoms with E-state index in [4.69, 9.17) is 4.52 Å². The fourth-order valence-corrected chi connectivity index (χ4v) is 2.82. The van der Waals surface area contributed by atoms with Crippen LogP contribution < -0.4 is 0 Å². The summed E-state index contributed by atoms with van der Waals surface area (Å²) in [5.41, 5.74) is -0.545. The molecule has 0 unspecified atom stereocenters. The van der Waals surface area contributed by atoms with Crippen LogP contribution in [0.5, 0.6) is 0 Å². The molecule has 0 bridgehead atoms. The summed E-state index contributed by atoms with van der Waals surface area (Å²) in [6, 6.07) is 6.49. The van der Waals surface area contributed by atoms with E-state index in [1.165, 1.54) is 16.8 Å². The van der Waals surface area contributed by atoms with E-state index < -0.39 is 11.7 Å².